The third-order valence-corrected chi connectivity index (χ3v) is 3.52. The fraction of sp³-hybridized carbons (Fsp3) is 0.571. The van der Waals surface area contributed by atoms with Gasteiger partial charge in [0.1, 0.15) is 0 Å². The van der Waals surface area contributed by atoms with Crippen molar-refractivity contribution in [3.05, 3.63) is 23.3 Å². The SMILES string of the molecule is CCc1cc(OC)c(OC)cc1CC1(N)CC1. The van der Waals surface area contributed by atoms with E-state index in [1.807, 2.05) is 0 Å². The lowest BCUT2D eigenvalue weighted by molar-refractivity contribution is 0.354. The monoisotopic (exact) mass is 235 g/mol. The summed E-state index contributed by atoms with van der Waals surface area (Å²) < 4.78 is 10.7. The van der Waals surface area contributed by atoms with Gasteiger partial charge in [-0.1, -0.05) is 6.92 Å². The molecule has 1 fully saturated rings. The maximum Gasteiger partial charge on any atom is 0.161 e. The average molecular weight is 235 g/mol. The highest BCUT2D eigenvalue weighted by atomic mass is 16.5. The van der Waals surface area contributed by atoms with Crippen LogP contribution in [0.3, 0.4) is 0 Å². The van der Waals surface area contributed by atoms with Gasteiger partial charge in [-0.25, -0.2) is 0 Å². The van der Waals surface area contributed by atoms with Crippen molar-refractivity contribution in [3.63, 3.8) is 0 Å². The summed E-state index contributed by atoms with van der Waals surface area (Å²) in [5.74, 6) is 1.60. The summed E-state index contributed by atoms with van der Waals surface area (Å²) in [6, 6.07) is 4.14. The molecule has 3 heteroatoms. The van der Waals surface area contributed by atoms with E-state index in [0.29, 0.717) is 0 Å². The lowest BCUT2D eigenvalue weighted by atomic mass is 9.97. The van der Waals surface area contributed by atoms with Crippen LogP contribution in [0.25, 0.3) is 0 Å². The van der Waals surface area contributed by atoms with Gasteiger partial charge >= 0.3 is 0 Å². The Bertz CT molecular complexity index is 411. The van der Waals surface area contributed by atoms with Gasteiger partial charge in [0.2, 0.25) is 0 Å². The van der Waals surface area contributed by atoms with Gasteiger partial charge < -0.3 is 15.2 Å². The van der Waals surface area contributed by atoms with Crippen molar-refractivity contribution in [1.82, 2.24) is 0 Å². The first kappa shape index (κ1) is 12.2. The molecule has 1 aliphatic rings. The van der Waals surface area contributed by atoms with Crippen LogP contribution < -0.4 is 15.2 Å². The first-order chi connectivity index (χ1) is 8.11. The second kappa shape index (κ2) is 4.57. The Balaban J connectivity index is 2.35. The van der Waals surface area contributed by atoms with Crippen LogP contribution in [0.4, 0.5) is 0 Å². The number of benzene rings is 1. The highest BCUT2D eigenvalue weighted by Crippen LogP contribution is 2.39. The molecule has 94 valence electrons. The van der Waals surface area contributed by atoms with E-state index < -0.39 is 0 Å². The molecule has 17 heavy (non-hydrogen) atoms. The van der Waals surface area contributed by atoms with Gasteiger partial charge in [-0.2, -0.15) is 0 Å². The lowest BCUT2D eigenvalue weighted by Gasteiger charge is -2.16. The number of ether oxygens (including phenoxy) is 2. The van der Waals surface area contributed by atoms with E-state index in [-0.39, 0.29) is 5.54 Å². The predicted octanol–water partition coefficient (Wildman–Crippen LogP) is 2.30. The van der Waals surface area contributed by atoms with E-state index in [2.05, 4.69) is 19.1 Å². The molecule has 0 amide bonds. The van der Waals surface area contributed by atoms with Crippen molar-refractivity contribution >= 4 is 0 Å². The number of hydrogen-bond acceptors (Lipinski definition) is 3. The lowest BCUT2D eigenvalue weighted by Crippen LogP contribution is -2.25. The van der Waals surface area contributed by atoms with Crippen molar-refractivity contribution in [2.45, 2.75) is 38.1 Å². The summed E-state index contributed by atoms with van der Waals surface area (Å²) in [7, 11) is 3.34. The molecule has 0 saturated heterocycles. The molecule has 3 nitrogen and oxygen atoms in total. The van der Waals surface area contributed by atoms with Crippen molar-refractivity contribution < 1.29 is 9.47 Å². The van der Waals surface area contributed by atoms with Gasteiger partial charge in [-0.05, 0) is 48.9 Å². The molecule has 0 radical (unpaired) electrons. The van der Waals surface area contributed by atoms with Crippen molar-refractivity contribution in [2.75, 3.05) is 14.2 Å². The smallest absolute Gasteiger partial charge is 0.161 e. The van der Waals surface area contributed by atoms with E-state index in [0.717, 1.165) is 37.2 Å². The molecule has 0 bridgehead atoms. The quantitative estimate of drug-likeness (QED) is 0.851. The fourth-order valence-electron chi connectivity index (χ4n) is 2.17. The van der Waals surface area contributed by atoms with Gasteiger partial charge in [-0.3, -0.25) is 0 Å². The molecule has 0 aromatic heterocycles. The van der Waals surface area contributed by atoms with Gasteiger partial charge in [0.05, 0.1) is 14.2 Å². The Kier molecular flexibility index (Phi) is 3.29. The zero-order chi connectivity index (χ0) is 12.5. The highest BCUT2D eigenvalue weighted by molar-refractivity contribution is 5.48. The largest absolute Gasteiger partial charge is 0.493 e. The minimum atomic E-state index is 0.0313. The molecule has 0 unspecified atom stereocenters. The van der Waals surface area contributed by atoms with E-state index in [4.69, 9.17) is 15.2 Å². The van der Waals surface area contributed by atoms with E-state index in [1.54, 1.807) is 14.2 Å². The number of nitrogens with two attached hydrogens (primary N) is 1. The summed E-state index contributed by atoms with van der Waals surface area (Å²) in [6.45, 7) is 2.15. The Morgan fingerprint density at radius 1 is 1.12 bits per heavy atom. The minimum absolute atomic E-state index is 0.0313. The van der Waals surface area contributed by atoms with E-state index in [1.165, 1.54) is 11.1 Å². The molecular weight excluding hydrogens is 214 g/mol. The first-order valence-electron chi connectivity index (χ1n) is 6.14. The zero-order valence-corrected chi connectivity index (χ0v) is 10.9. The van der Waals surface area contributed by atoms with Crippen LogP contribution in [0, 0.1) is 0 Å². The number of methoxy groups -OCH3 is 2. The Morgan fingerprint density at radius 2 is 1.65 bits per heavy atom. The van der Waals surface area contributed by atoms with Crippen LogP contribution in [0.15, 0.2) is 12.1 Å². The second-order valence-corrected chi connectivity index (χ2v) is 4.87. The Hall–Kier alpha value is -1.22. The molecule has 0 aliphatic heterocycles. The predicted molar refractivity (Wildman–Crippen MR) is 68.8 cm³/mol. The average Bonchev–Trinajstić information content (AvgIpc) is 3.06. The van der Waals surface area contributed by atoms with Crippen LogP contribution >= 0.6 is 0 Å². The zero-order valence-electron chi connectivity index (χ0n) is 10.9. The standard InChI is InChI=1S/C14H21NO2/c1-4-10-7-12(16-2)13(17-3)8-11(10)9-14(15)5-6-14/h7-8H,4-6,9,15H2,1-3H3. The fourth-order valence-corrected chi connectivity index (χ4v) is 2.17. The number of rotatable bonds is 5. The third kappa shape index (κ3) is 2.55. The molecule has 2 rings (SSSR count). The van der Waals surface area contributed by atoms with Crippen LogP contribution in [-0.2, 0) is 12.8 Å². The number of hydrogen-bond donors (Lipinski definition) is 1. The summed E-state index contributed by atoms with van der Waals surface area (Å²) in [5.41, 5.74) is 8.82. The third-order valence-electron chi connectivity index (χ3n) is 3.52. The molecule has 2 N–H and O–H groups in total. The molecule has 0 heterocycles. The van der Waals surface area contributed by atoms with Gasteiger partial charge in [0, 0.05) is 5.54 Å². The molecule has 1 aromatic rings. The van der Waals surface area contributed by atoms with Gasteiger partial charge in [0.15, 0.2) is 11.5 Å². The van der Waals surface area contributed by atoms with E-state index in [9.17, 15) is 0 Å². The van der Waals surface area contributed by atoms with Crippen LogP contribution in [-0.4, -0.2) is 19.8 Å². The molecule has 1 aliphatic carbocycles. The second-order valence-electron chi connectivity index (χ2n) is 4.87. The number of aryl methyl sites for hydroxylation is 1. The van der Waals surface area contributed by atoms with Crippen molar-refractivity contribution in [3.8, 4) is 11.5 Å². The minimum Gasteiger partial charge on any atom is -0.493 e. The Labute approximate surface area is 103 Å². The molecular formula is C14H21NO2. The van der Waals surface area contributed by atoms with Crippen LogP contribution in [0.5, 0.6) is 11.5 Å². The molecule has 0 spiro atoms. The Morgan fingerprint density at radius 3 is 2.06 bits per heavy atom. The van der Waals surface area contributed by atoms with Crippen molar-refractivity contribution in [2.24, 2.45) is 5.73 Å². The van der Waals surface area contributed by atoms with Crippen molar-refractivity contribution in [1.29, 1.82) is 0 Å². The summed E-state index contributed by atoms with van der Waals surface area (Å²) in [5, 5.41) is 0. The highest BCUT2D eigenvalue weighted by Gasteiger charge is 2.38. The summed E-state index contributed by atoms with van der Waals surface area (Å²) in [6.07, 6.45) is 4.19. The normalized spacial score (nSPS) is 16.7. The molecule has 1 saturated carbocycles. The summed E-state index contributed by atoms with van der Waals surface area (Å²) in [4.78, 5) is 0. The topological polar surface area (TPSA) is 44.5 Å². The maximum atomic E-state index is 6.19. The van der Waals surface area contributed by atoms with Crippen LogP contribution in [0.2, 0.25) is 0 Å². The molecule has 0 atom stereocenters. The summed E-state index contributed by atoms with van der Waals surface area (Å²) >= 11 is 0. The van der Waals surface area contributed by atoms with Gasteiger partial charge in [0.25, 0.3) is 0 Å². The van der Waals surface area contributed by atoms with Gasteiger partial charge in [-0.15, -0.1) is 0 Å². The van der Waals surface area contributed by atoms with E-state index >= 15 is 0 Å². The first-order valence-corrected chi connectivity index (χ1v) is 6.14. The molecule has 1 aromatic carbocycles. The maximum absolute atomic E-state index is 6.19. The van der Waals surface area contributed by atoms with Crippen LogP contribution in [0.1, 0.15) is 30.9 Å².